The van der Waals surface area contributed by atoms with Gasteiger partial charge in [-0.2, -0.15) is 0 Å². The van der Waals surface area contributed by atoms with E-state index in [4.69, 9.17) is 5.73 Å². The Morgan fingerprint density at radius 3 is 2.94 bits per heavy atom. The molecule has 3 atom stereocenters. The minimum absolute atomic E-state index is 0.0618. The van der Waals surface area contributed by atoms with Gasteiger partial charge in [0, 0.05) is 18.5 Å². The third-order valence-corrected chi connectivity index (χ3v) is 4.11. The smallest absolute Gasteiger partial charge is 0.251 e. The SMILES string of the molecule is NCc1cc(=O)[nH]c(C2CC3CCC2C3)n1. The van der Waals surface area contributed by atoms with Crippen LogP contribution in [0.15, 0.2) is 10.9 Å². The van der Waals surface area contributed by atoms with E-state index >= 15 is 0 Å². The largest absolute Gasteiger partial charge is 0.325 e. The predicted molar refractivity (Wildman–Crippen MR) is 60.9 cm³/mol. The van der Waals surface area contributed by atoms with Gasteiger partial charge in [-0.3, -0.25) is 4.79 Å². The normalized spacial score (nSPS) is 32.2. The molecule has 2 aliphatic carbocycles. The van der Waals surface area contributed by atoms with Crippen molar-refractivity contribution in [2.45, 2.75) is 38.1 Å². The standard InChI is InChI=1S/C12H17N3O/c13-6-9-5-11(16)15-12(14-9)10-4-7-1-2-8(10)3-7/h5,7-8,10H,1-4,6,13H2,(H,14,15,16). The Labute approximate surface area is 94.3 Å². The van der Waals surface area contributed by atoms with Gasteiger partial charge in [-0.15, -0.1) is 0 Å². The third-order valence-electron chi connectivity index (χ3n) is 4.11. The van der Waals surface area contributed by atoms with Gasteiger partial charge in [0.05, 0.1) is 5.69 Å². The Morgan fingerprint density at radius 2 is 2.31 bits per heavy atom. The maximum absolute atomic E-state index is 11.5. The van der Waals surface area contributed by atoms with Crippen molar-refractivity contribution >= 4 is 0 Å². The second-order valence-corrected chi connectivity index (χ2v) is 5.11. The summed E-state index contributed by atoms with van der Waals surface area (Å²) < 4.78 is 0. The van der Waals surface area contributed by atoms with Gasteiger partial charge in [-0.1, -0.05) is 6.42 Å². The van der Waals surface area contributed by atoms with Crippen LogP contribution in [-0.2, 0) is 6.54 Å². The molecule has 1 heterocycles. The lowest BCUT2D eigenvalue weighted by Crippen LogP contribution is -2.20. The summed E-state index contributed by atoms with van der Waals surface area (Å²) >= 11 is 0. The van der Waals surface area contributed by atoms with Gasteiger partial charge in [0.25, 0.3) is 5.56 Å². The number of nitrogens with zero attached hydrogens (tertiary/aromatic N) is 1. The van der Waals surface area contributed by atoms with Crippen LogP contribution in [0.4, 0.5) is 0 Å². The lowest BCUT2D eigenvalue weighted by molar-refractivity contribution is 0.403. The summed E-state index contributed by atoms with van der Waals surface area (Å²) in [6, 6.07) is 1.50. The van der Waals surface area contributed by atoms with Crippen LogP contribution in [0.5, 0.6) is 0 Å². The van der Waals surface area contributed by atoms with Crippen molar-refractivity contribution in [3.05, 3.63) is 27.9 Å². The van der Waals surface area contributed by atoms with Gasteiger partial charge < -0.3 is 10.7 Å². The van der Waals surface area contributed by atoms with E-state index in [1.54, 1.807) is 0 Å². The van der Waals surface area contributed by atoms with Gasteiger partial charge in [-0.25, -0.2) is 4.98 Å². The number of hydrogen-bond donors (Lipinski definition) is 2. The molecule has 2 saturated carbocycles. The Bertz CT molecular complexity index is 454. The lowest BCUT2D eigenvalue weighted by atomic mass is 9.88. The van der Waals surface area contributed by atoms with Crippen LogP contribution < -0.4 is 11.3 Å². The van der Waals surface area contributed by atoms with Crippen LogP contribution in [0.1, 0.15) is 43.1 Å². The maximum Gasteiger partial charge on any atom is 0.251 e. The van der Waals surface area contributed by atoms with Crippen molar-refractivity contribution in [3.63, 3.8) is 0 Å². The molecule has 3 N–H and O–H groups in total. The minimum Gasteiger partial charge on any atom is -0.325 e. The number of rotatable bonds is 2. The number of nitrogens with two attached hydrogens (primary N) is 1. The topological polar surface area (TPSA) is 71.8 Å². The number of aromatic amines is 1. The summed E-state index contributed by atoms with van der Waals surface area (Å²) in [6.07, 6.45) is 5.18. The van der Waals surface area contributed by atoms with Crippen LogP contribution in [0.25, 0.3) is 0 Å². The van der Waals surface area contributed by atoms with E-state index < -0.39 is 0 Å². The summed E-state index contributed by atoms with van der Waals surface area (Å²) in [4.78, 5) is 18.8. The highest BCUT2D eigenvalue weighted by molar-refractivity contribution is 5.11. The second-order valence-electron chi connectivity index (χ2n) is 5.11. The average molecular weight is 219 g/mol. The summed E-state index contributed by atoms with van der Waals surface area (Å²) in [5, 5.41) is 0. The van der Waals surface area contributed by atoms with E-state index in [0.29, 0.717) is 18.2 Å². The first-order chi connectivity index (χ1) is 7.76. The van der Waals surface area contributed by atoms with Crippen LogP contribution in [-0.4, -0.2) is 9.97 Å². The Kier molecular flexibility index (Phi) is 2.32. The molecule has 4 heteroatoms. The molecule has 3 unspecified atom stereocenters. The van der Waals surface area contributed by atoms with Crippen LogP contribution in [0.3, 0.4) is 0 Å². The van der Waals surface area contributed by atoms with Crippen LogP contribution >= 0.6 is 0 Å². The summed E-state index contributed by atoms with van der Waals surface area (Å²) in [5.41, 5.74) is 6.19. The highest BCUT2D eigenvalue weighted by Crippen LogP contribution is 2.51. The van der Waals surface area contributed by atoms with Crippen molar-refractivity contribution in [1.82, 2.24) is 9.97 Å². The average Bonchev–Trinajstić information content (AvgIpc) is 2.89. The summed E-state index contributed by atoms with van der Waals surface area (Å²) in [6.45, 7) is 0.345. The number of H-pyrrole nitrogens is 1. The molecule has 3 rings (SSSR count). The fourth-order valence-electron chi connectivity index (χ4n) is 3.39. The van der Waals surface area contributed by atoms with Gasteiger partial charge in [0.15, 0.2) is 0 Å². The third kappa shape index (κ3) is 1.57. The van der Waals surface area contributed by atoms with E-state index in [0.717, 1.165) is 17.7 Å². The van der Waals surface area contributed by atoms with E-state index in [-0.39, 0.29) is 5.56 Å². The molecule has 0 spiro atoms. The van der Waals surface area contributed by atoms with E-state index in [9.17, 15) is 4.79 Å². The minimum atomic E-state index is -0.0618. The van der Waals surface area contributed by atoms with Crippen LogP contribution in [0.2, 0.25) is 0 Å². The van der Waals surface area contributed by atoms with E-state index in [1.165, 1.54) is 31.7 Å². The summed E-state index contributed by atoms with van der Waals surface area (Å²) in [5.74, 6) is 2.95. The van der Waals surface area contributed by atoms with E-state index in [1.807, 2.05) is 0 Å². The van der Waals surface area contributed by atoms with Crippen molar-refractivity contribution < 1.29 is 0 Å². The monoisotopic (exact) mass is 219 g/mol. The predicted octanol–water partition coefficient (Wildman–Crippen LogP) is 1.13. The molecule has 2 aliphatic rings. The number of aromatic nitrogens is 2. The highest BCUT2D eigenvalue weighted by atomic mass is 16.1. The van der Waals surface area contributed by atoms with Gasteiger partial charge in [0.1, 0.15) is 5.82 Å². The van der Waals surface area contributed by atoms with Crippen molar-refractivity contribution in [3.8, 4) is 0 Å². The maximum atomic E-state index is 11.5. The molecule has 2 bridgehead atoms. The Morgan fingerprint density at radius 1 is 1.44 bits per heavy atom. The van der Waals surface area contributed by atoms with Gasteiger partial charge >= 0.3 is 0 Å². The highest BCUT2D eigenvalue weighted by Gasteiger charge is 2.41. The molecule has 1 aromatic heterocycles. The molecular weight excluding hydrogens is 202 g/mol. The molecule has 1 aromatic rings. The fourth-order valence-corrected chi connectivity index (χ4v) is 3.39. The fraction of sp³-hybridized carbons (Fsp3) is 0.667. The van der Waals surface area contributed by atoms with Crippen molar-refractivity contribution in [1.29, 1.82) is 0 Å². The zero-order valence-corrected chi connectivity index (χ0v) is 9.28. The molecule has 2 fully saturated rings. The molecule has 86 valence electrons. The zero-order chi connectivity index (χ0) is 11.1. The first-order valence-electron chi connectivity index (χ1n) is 6.06. The Hall–Kier alpha value is -1.16. The first kappa shape index (κ1) is 10.0. The molecule has 4 nitrogen and oxygen atoms in total. The molecule has 0 radical (unpaired) electrons. The van der Waals surface area contributed by atoms with Crippen LogP contribution in [0, 0.1) is 11.8 Å². The summed E-state index contributed by atoms with van der Waals surface area (Å²) in [7, 11) is 0. The lowest BCUT2D eigenvalue weighted by Gasteiger charge is -2.20. The van der Waals surface area contributed by atoms with Gasteiger partial charge in [-0.05, 0) is 31.1 Å². The second kappa shape index (κ2) is 3.70. The molecule has 0 amide bonds. The molecule has 16 heavy (non-hydrogen) atoms. The van der Waals surface area contributed by atoms with Gasteiger partial charge in [0.2, 0.25) is 0 Å². The molecular formula is C12H17N3O. The van der Waals surface area contributed by atoms with E-state index in [2.05, 4.69) is 9.97 Å². The first-order valence-corrected chi connectivity index (χ1v) is 6.06. The van der Waals surface area contributed by atoms with Crippen molar-refractivity contribution in [2.24, 2.45) is 17.6 Å². The molecule has 0 aliphatic heterocycles. The number of fused-ring (bicyclic) bond motifs is 2. The Balaban J connectivity index is 1.94. The number of hydrogen-bond acceptors (Lipinski definition) is 3. The van der Waals surface area contributed by atoms with Crippen molar-refractivity contribution in [2.75, 3.05) is 0 Å². The quantitative estimate of drug-likeness (QED) is 0.783. The number of nitrogens with one attached hydrogen (secondary N) is 1. The molecule has 0 aromatic carbocycles. The molecule has 0 saturated heterocycles. The zero-order valence-electron chi connectivity index (χ0n) is 9.28.